The largest absolute Gasteiger partial charge is 0.494 e. The number of ether oxygens (including phenoxy) is 1. The van der Waals surface area contributed by atoms with E-state index in [0.717, 1.165) is 6.07 Å². The number of rotatable bonds is 2. The molecule has 0 spiro atoms. The van der Waals surface area contributed by atoms with Gasteiger partial charge in [-0.1, -0.05) is 11.6 Å². The number of carboxylic acid groups (broad SMARTS) is 1. The van der Waals surface area contributed by atoms with E-state index in [0.29, 0.717) is 10.9 Å². The highest BCUT2D eigenvalue weighted by Crippen LogP contribution is 2.35. The summed E-state index contributed by atoms with van der Waals surface area (Å²) in [4.78, 5) is 11.0. The van der Waals surface area contributed by atoms with E-state index in [-0.39, 0.29) is 16.5 Å². The normalized spacial score (nSPS) is 10.8. The Morgan fingerprint density at radius 2 is 2.18 bits per heavy atom. The first-order valence-corrected chi connectivity index (χ1v) is 5.10. The van der Waals surface area contributed by atoms with Gasteiger partial charge in [0.25, 0.3) is 0 Å². The van der Waals surface area contributed by atoms with E-state index in [1.54, 1.807) is 7.05 Å². The van der Waals surface area contributed by atoms with Crippen LogP contribution in [0.3, 0.4) is 0 Å². The van der Waals surface area contributed by atoms with Crippen molar-refractivity contribution in [1.29, 1.82) is 0 Å². The molecule has 0 radical (unpaired) electrons. The number of aromatic carboxylic acids is 1. The highest BCUT2D eigenvalue weighted by Gasteiger charge is 2.19. The number of fused-ring (bicyclic) bond motifs is 1. The van der Waals surface area contributed by atoms with Crippen molar-refractivity contribution in [3.05, 3.63) is 28.7 Å². The van der Waals surface area contributed by atoms with Crippen molar-refractivity contribution in [2.75, 3.05) is 7.11 Å². The summed E-state index contributed by atoms with van der Waals surface area (Å²) in [5, 5.41) is 9.21. The number of carbonyl (C=O) groups is 1. The molecule has 1 N–H and O–H groups in total. The lowest BCUT2D eigenvalue weighted by Gasteiger charge is -2.07. The summed E-state index contributed by atoms with van der Waals surface area (Å²) in [5.74, 6) is -1.50. The lowest BCUT2D eigenvalue weighted by molar-refractivity contribution is 0.0687. The van der Waals surface area contributed by atoms with Crippen molar-refractivity contribution in [3.63, 3.8) is 0 Å². The second-order valence-corrected chi connectivity index (χ2v) is 3.91. The monoisotopic (exact) mass is 257 g/mol. The van der Waals surface area contributed by atoms with E-state index < -0.39 is 11.8 Å². The molecule has 0 saturated carbocycles. The van der Waals surface area contributed by atoms with Gasteiger partial charge in [-0.15, -0.1) is 0 Å². The second-order valence-electron chi connectivity index (χ2n) is 3.53. The fourth-order valence-electron chi connectivity index (χ4n) is 1.80. The summed E-state index contributed by atoms with van der Waals surface area (Å²) in [6.45, 7) is 0. The molecule has 0 saturated heterocycles. The number of aromatic nitrogens is 1. The van der Waals surface area contributed by atoms with Gasteiger partial charge in [0.2, 0.25) is 0 Å². The first-order valence-electron chi connectivity index (χ1n) is 4.72. The predicted molar refractivity (Wildman–Crippen MR) is 61.4 cm³/mol. The molecule has 1 aromatic heterocycles. The van der Waals surface area contributed by atoms with Crippen molar-refractivity contribution < 1.29 is 19.0 Å². The minimum atomic E-state index is -1.11. The summed E-state index contributed by atoms with van der Waals surface area (Å²) in [7, 11) is 2.94. The average molecular weight is 258 g/mol. The Morgan fingerprint density at radius 1 is 1.53 bits per heavy atom. The molecule has 0 atom stereocenters. The van der Waals surface area contributed by atoms with Crippen LogP contribution < -0.4 is 4.74 Å². The van der Waals surface area contributed by atoms with Crippen LogP contribution in [0, 0.1) is 5.82 Å². The number of benzene rings is 1. The number of halogens is 2. The van der Waals surface area contributed by atoms with Crippen LogP contribution in [0.1, 0.15) is 10.5 Å². The minimum absolute atomic E-state index is 0.0193. The van der Waals surface area contributed by atoms with Gasteiger partial charge in [-0.2, -0.15) is 0 Å². The van der Waals surface area contributed by atoms with E-state index in [2.05, 4.69) is 0 Å². The zero-order valence-electron chi connectivity index (χ0n) is 9.12. The fourth-order valence-corrected chi connectivity index (χ4v) is 2.00. The minimum Gasteiger partial charge on any atom is -0.494 e. The zero-order valence-corrected chi connectivity index (χ0v) is 9.88. The van der Waals surface area contributed by atoms with Crippen LogP contribution in [-0.4, -0.2) is 22.8 Å². The van der Waals surface area contributed by atoms with Crippen LogP contribution >= 0.6 is 11.6 Å². The molecule has 2 rings (SSSR count). The number of carboxylic acids is 1. The van der Waals surface area contributed by atoms with Gasteiger partial charge in [-0.25, -0.2) is 9.18 Å². The number of nitrogens with zero attached hydrogens (tertiary/aromatic N) is 1. The van der Waals surface area contributed by atoms with Gasteiger partial charge in [-0.3, -0.25) is 0 Å². The molecule has 0 bridgehead atoms. The third-order valence-corrected chi connectivity index (χ3v) is 2.99. The molecule has 0 aliphatic rings. The van der Waals surface area contributed by atoms with Crippen LogP contribution in [0.15, 0.2) is 12.1 Å². The number of methoxy groups -OCH3 is 1. The summed E-state index contributed by atoms with van der Waals surface area (Å²) in [5.41, 5.74) is 0.474. The van der Waals surface area contributed by atoms with Crippen LogP contribution in [-0.2, 0) is 7.05 Å². The van der Waals surface area contributed by atoms with Gasteiger partial charge in [0.05, 0.1) is 17.6 Å². The van der Waals surface area contributed by atoms with Crippen LogP contribution in [0.5, 0.6) is 5.75 Å². The smallest absolute Gasteiger partial charge is 0.352 e. The molecule has 0 amide bonds. The first-order chi connectivity index (χ1) is 7.97. The molecule has 0 fully saturated rings. The van der Waals surface area contributed by atoms with Crippen molar-refractivity contribution in [2.24, 2.45) is 7.05 Å². The molecule has 0 unspecified atom stereocenters. The van der Waals surface area contributed by atoms with Gasteiger partial charge in [0, 0.05) is 18.5 Å². The summed E-state index contributed by atoms with van der Waals surface area (Å²) < 4.78 is 19.9. The topological polar surface area (TPSA) is 51.5 Å². The maximum Gasteiger partial charge on any atom is 0.352 e. The van der Waals surface area contributed by atoms with Crippen LogP contribution in [0.2, 0.25) is 5.02 Å². The van der Waals surface area contributed by atoms with E-state index in [9.17, 15) is 9.18 Å². The van der Waals surface area contributed by atoms with E-state index in [1.165, 1.54) is 17.7 Å². The van der Waals surface area contributed by atoms with Crippen molar-refractivity contribution in [1.82, 2.24) is 4.57 Å². The molecule has 0 aliphatic heterocycles. The summed E-state index contributed by atoms with van der Waals surface area (Å²) in [6, 6.07) is 2.46. The third kappa shape index (κ3) is 1.63. The Bertz CT molecular complexity index is 621. The Labute approximate surface area is 101 Å². The molecule has 17 heavy (non-hydrogen) atoms. The Hall–Kier alpha value is -1.75. The lowest BCUT2D eigenvalue weighted by Crippen LogP contribution is -2.04. The highest BCUT2D eigenvalue weighted by atomic mass is 35.5. The van der Waals surface area contributed by atoms with Gasteiger partial charge in [0.15, 0.2) is 0 Å². The van der Waals surface area contributed by atoms with Crippen molar-refractivity contribution in [2.45, 2.75) is 0 Å². The highest BCUT2D eigenvalue weighted by molar-refractivity contribution is 6.36. The first kappa shape index (κ1) is 11.7. The van der Waals surface area contributed by atoms with E-state index in [1.807, 2.05) is 0 Å². The lowest BCUT2D eigenvalue weighted by atomic mass is 10.2. The number of aryl methyl sites for hydroxylation is 1. The van der Waals surface area contributed by atoms with Gasteiger partial charge >= 0.3 is 5.97 Å². The quantitative estimate of drug-likeness (QED) is 0.900. The Morgan fingerprint density at radius 3 is 2.71 bits per heavy atom. The fraction of sp³-hybridized carbons (Fsp3) is 0.182. The van der Waals surface area contributed by atoms with Crippen LogP contribution in [0.4, 0.5) is 4.39 Å². The standard InChI is InChI=1S/C11H9ClFNO3/c1-14-7(11(15)16)3-5-9(12)6(13)4-8(17-2)10(5)14/h3-4H,1-2H3,(H,15,16). The molecule has 1 heterocycles. The molecule has 2 aromatic rings. The molecule has 6 heteroatoms. The van der Waals surface area contributed by atoms with Crippen molar-refractivity contribution >= 4 is 28.5 Å². The zero-order chi connectivity index (χ0) is 12.7. The maximum absolute atomic E-state index is 13.5. The Kier molecular flexibility index (Phi) is 2.71. The third-order valence-electron chi connectivity index (χ3n) is 2.61. The van der Waals surface area contributed by atoms with E-state index >= 15 is 0 Å². The average Bonchev–Trinajstić information content (AvgIpc) is 2.62. The maximum atomic E-state index is 13.5. The molecular formula is C11H9ClFNO3. The SMILES string of the molecule is COc1cc(F)c(Cl)c2cc(C(=O)O)n(C)c12. The van der Waals surface area contributed by atoms with Gasteiger partial charge in [-0.05, 0) is 6.07 Å². The molecule has 0 aliphatic carbocycles. The van der Waals surface area contributed by atoms with Gasteiger partial charge in [0.1, 0.15) is 17.3 Å². The summed E-state index contributed by atoms with van der Waals surface area (Å²) >= 11 is 5.81. The molecular weight excluding hydrogens is 249 g/mol. The molecule has 1 aromatic carbocycles. The number of hydrogen-bond donors (Lipinski definition) is 1. The molecule has 4 nitrogen and oxygen atoms in total. The predicted octanol–water partition coefficient (Wildman–Crippen LogP) is 2.68. The van der Waals surface area contributed by atoms with Gasteiger partial charge < -0.3 is 14.4 Å². The Balaban J connectivity index is 2.94. The molecule has 90 valence electrons. The van der Waals surface area contributed by atoms with E-state index in [4.69, 9.17) is 21.4 Å². The van der Waals surface area contributed by atoms with Crippen molar-refractivity contribution in [3.8, 4) is 5.75 Å². The summed E-state index contributed by atoms with van der Waals surface area (Å²) in [6.07, 6.45) is 0. The second kappa shape index (κ2) is 3.92. The van der Waals surface area contributed by atoms with Crippen LogP contribution in [0.25, 0.3) is 10.9 Å². The number of hydrogen-bond acceptors (Lipinski definition) is 2.